The Balaban J connectivity index is 2.45. The van der Waals surface area contributed by atoms with Crippen molar-refractivity contribution in [1.29, 1.82) is 0 Å². The molecule has 5 nitrogen and oxygen atoms in total. The first-order chi connectivity index (χ1) is 11.4. The third kappa shape index (κ3) is 8.41. The summed E-state index contributed by atoms with van der Waals surface area (Å²) < 4.78 is 5.17. The maximum Gasteiger partial charge on any atom is 0.191 e. The molecule has 0 aliphatic carbocycles. The Morgan fingerprint density at radius 3 is 2.54 bits per heavy atom. The summed E-state index contributed by atoms with van der Waals surface area (Å²) in [6.07, 6.45) is 0.827. The second-order valence-electron chi connectivity index (χ2n) is 6.57. The Morgan fingerprint density at radius 1 is 1.21 bits per heavy atom. The van der Waals surface area contributed by atoms with Crippen LogP contribution < -0.4 is 20.7 Å². The fourth-order valence-electron chi connectivity index (χ4n) is 2.11. The highest BCUT2D eigenvalue weighted by molar-refractivity contribution is 6.31. The van der Waals surface area contributed by atoms with E-state index in [1.807, 2.05) is 18.2 Å². The van der Waals surface area contributed by atoms with Gasteiger partial charge in [-0.1, -0.05) is 17.7 Å². The lowest BCUT2D eigenvalue weighted by Crippen LogP contribution is -2.40. The molecular weight excluding hydrogens is 324 g/mol. The summed E-state index contributed by atoms with van der Waals surface area (Å²) in [5.41, 5.74) is 1.21. The largest absolute Gasteiger partial charge is 0.497 e. The number of hydrogen-bond acceptors (Lipinski definition) is 3. The van der Waals surface area contributed by atoms with Gasteiger partial charge in [0.25, 0.3) is 0 Å². The lowest BCUT2D eigenvalue weighted by atomic mass is 10.1. The van der Waals surface area contributed by atoms with E-state index in [1.54, 1.807) is 7.11 Å². The normalized spacial score (nSPS) is 12.2. The lowest BCUT2D eigenvalue weighted by molar-refractivity contribution is 0.414. The van der Waals surface area contributed by atoms with Gasteiger partial charge in [0.1, 0.15) is 5.75 Å². The van der Waals surface area contributed by atoms with Gasteiger partial charge >= 0.3 is 0 Å². The van der Waals surface area contributed by atoms with Gasteiger partial charge in [-0.2, -0.15) is 0 Å². The van der Waals surface area contributed by atoms with Crippen molar-refractivity contribution in [2.75, 3.05) is 33.3 Å². The first-order valence-corrected chi connectivity index (χ1v) is 8.83. The van der Waals surface area contributed by atoms with Crippen molar-refractivity contribution in [1.82, 2.24) is 16.0 Å². The van der Waals surface area contributed by atoms with E-state index >= 15 is 0 Å². The summed E-state index contributed by atoms with van der Waals surface area (Å²) in [6, 6.07) is 5.77. The zero-order chi connectivity index (χ0) is 18.0. The van der Waals surface area contributed by atoms with Crippen LogP contribution in [-0.4, -0.2) is 44.8 Å². The number of benzene rings is 1. The van der Waals surface area contributed by atoms with E-state index in [0.29, 0.717) is 0 Å². The third-order valence-corrected chi connectivity index (χ3v) is 3.68. The number of nitrogens with one attached hydrogen (secondary N) is 3. The van der Waals surface area contributed by atoms with Gasteiger partial charge in [-0.05, 0) is 51.8 Å². The van der Waals surface area contributed by atoms with Gasteiger partial charge < -0.3 is 20.7 Å². The van der Waals surface area contributed by atoms with E-state index in [4.69, 9.17) is 16.3 Å². The standard InChI is InChI=1S/C18H31ClN4O/c1-6-20-17(22-11-12-23-18(2,3)4)21-10-9-14-7-8-15(24-5)13-16(14)19/h7-8,13,23H,6,9-12H2,1-5H3,(H2,20,21,22). The lowest BCUT2D eigenvalue weighted by Gasteiger charge is -2.20. The van der Waals surface area contributed by atoms with Gasteiger partial charge in [-0.15, -0.1) is 0 Å². The van der Waals surface area contributed by atoms with E-state index in [1.165, 1.54) is 0 Å². The second kappa shape index (κ2) is 10.4. The smallest absolute Gasteiger partial charge is 0.191 e. The molecule has 1 aromatic rings. The number of rotatable bonds is 8. The number of halogens is 1. The first-order valence-electron chi connectivity index (χ1n) is 8.45. The van der Waals surface area contributed by atoms with Gasteiger partial charge in [0.15, 0.2) is 5.96 Å². The molecule has 1 aromatic carbocycles. The highest BCUT2D eigenvalue weighted by atomic mass is 35.5. The van der Waals surface area contributed by atoms with Crippen molar-refractivity contribution < 1.29 is 4.74 Å². The zero-order valence-corrected chi connectivity index (χ0v) is 16.3. The molecule has 0 unspecified atom stereocenters. The number of hydrogen-bond donors (Lipinski definition) is 3. The number of guanidine groups is 1. The average Bonchev–Trinajstić information content (AvgIpc) is 2.52. The molecule has 6 heteroatoms. The summed E-state index contributed by atoms with van der Waals surface area (Å²) >= 11 is 6.27. The number of methoxy groups -OCH3 is 1. The van der Waals surface area contributed by atoms with Crippen LogP contribution in [0.1, 0.15) is 33.3 Å². The predicted octanol–water partition coefficient (Wildman–Crippen LogP) is 2.83. The van der Waals surface area contributed by atoms with E-state index in [9.17, 15) is 0 Å². The summed E-state index contributed by atoms with van der Waals surface area (Å²) in [5.74, 6) is 1.61. The van der Waals surface area contributed by atoms with Crippen LogP contribution in [0.2, 0.25) is 5.02 Å². The Labute approximate surface area is 151 Å². The number of nitrogens with zero attached hydrogens (tertiary/aromatic N) is 1. The Hall–Kier alpha value is -1.46. The highest BCUT2D eigenvalue weighted by Gasteiger charge is 2.07. The second-order valence-corrected chi connectivity index (χ2v) is 6.98. The van der Waals surface area contributed by atoms with Crippen molar-refractivity contribution in [2.45, 2.75) is 39.7 Å². The molecule has 0 saturated heterocycles. The van der Waals surface area contributed by atoms with Crippen LogP contribution in [-0.2, 0) is 6.42 Å². The van der Waals surface area contributed by atoms with Crippen LogP contribution in [0, 0.1) is 0 Å². The van der Waals surface area contributed by atoms with Crippen LogP contribution in [0.4, 0.5) is 0 Å². The van der Waals surface area contributed by atoms with E-state index < -0.39 is 0 Å². The SMILES string of the molecule is CCNC(=NCCNC(C)(C)C)NCCc1ccc(OC)cc1Cl. The Kier molecular flexibility index (Phi) is 8.93. The molecule has 0 aliphatic rings. The van der Waals surface area contributed by atoms with Crippen LogP contribution in [0.3, 0.4) is 0 Å². The minimum Gasteiger partial charge on any atom is -0.497 e. The maximum atomic E-state index is 6.27. The molecular formula is C18H31ClN4O. The van der Waals surface area contributed by atoms with Crippen molar-refractivity contribution in [3.05, 3.63) is 28.8 Å². The summed E-state index contributed by atoms with van der Waals surface area (Å²) in [4.78, 5) is 4.58. The maximum absolute atomic E-state index is 6.27. The molecule has 0 spiro atoms. The molecule has 0 heterocycles. The topological polar surface area (TPSA) is 57.7 Å². The summed E-state index contributed by atoms with van der Waals surface area (Å²) in [5, 5.41) is 10.8. The molecule has 24 heavy (non-hydrogen) atoms. The third-order valence-electron chi connectivity index (χ3n) is 3.33. The first kappa shape index (κ1) is 20.6. The fraction of sp³-hybridized carbons (Fsp3) is 0.611. The van der Waals surface area contributed by atoms with Crippen LogP contribution in [0.15, 0.2) is 23.2 Å². The van der Waals surface area contributed by atoms with Crippen molar-refractivity contribution in [3.8, 4) is 5.75 Å². The quantitative estimate of drug-likeness (QED) is 0.382. The van der Waals surface area contributed by atoms with E-state index in [2.05, 4.69) is 48.6 Å². The molecule has 0 aliphatic heterocycles. The van der Waals surface area contributed by atoms with Gasteiger partial charge in [-0.3, -0.25) is 4.99 Å². The molecule has 0 amide bonds. The zero-order valence-electron chi connectivity index (χ0n) is 15.5. The van der Waals surface area contributed by atoms with Gasteiger partial charge in [-0.25, -0.2) is 0 Å². The van der Waals surface area contributed by atoms with Gasteiger partial charge in [0.05, 0.1) is 13.7 Å². The fourth-order valence-corrected chi connectivity index (χ4v) is 2.38. The molecule has 0 atom stereocenters. The molecule has 136 valence electrons. The average molecular weight is 355 g/mol. The van der Waals surface area contributed by atoms with Crippen LogP contribution in [0.25, 0.3) is 0 Å². The molecule has 3 N–H and O–H groups in total. The molecule has 1 rings (SSSR count). The minimum atomic E-state index is 0.117. The van der Waals surface area contributed by atoms with E-state index in [-0.39, 0.29) is 5.54 Å². The number of aliphatic imine (C=N–C) groups is 1. The molecule has 0 fully saturated rings. The van der Waals surface area contributed by atoms with Crippen molar-refractivity contribution in [2.24, 2.45) is 4.99 Å². The Bertz CT molecular complexity index is 526. The van der Waals surface area contributed by atoms with Crippen molar-refractivity contribution in [3.63, 3.8) is 0 Å². The van der Waals surface area contributed by atoms with Crippen LogP contribution >= 0.6 is 11.6 Å². The van der Waals surface area contributed by atoms with Gasteiger partial charge in [0.2, 0.25) is 0 Å². The van der Waals surface area contributed by atoms with Crippen LogP contribution in [0.5, 0.6) is 5.75 Å². The molecule has 0 radical (unpaired) electrons. The molecule has 0 bridgehead atoms. The highest BCUT2D eigenvalue weighted by Crippen LogP contribution is 2.22. The molecule has 0 saturated carbocycles. The van der Waals surface area contributed by atoms with Crippen molar-refractivity contribution >= 4 is 17.6 Å². The molecule has 0 aromatic heterocycles. The van der Waals surface area contributed by atoms with E-state index in [0.717, 1.165) is 54.9 Å². The van der Waals surface area contributed by atoms with Gasteiger partial charge in [0, 0.05) is 30.2 Å². The summed E-state index contributed by atoms with van der Waals surface area (Å²) in [6.45, 7) is 11.7. The monoisotopic (exact) mass is 354 g/mol. The summed E-state index contributed by atoms with van der Waals surface area (Å²) in [7, 11) is 1.64. The Morgan fingerprint density at radius 2 is 1.96 bits per heavy atom. The minimum absolute atomic E-state index is 0.117. The number of ether oxygens (including phenoxy) is 1. The predicted molar refractivity (Wildman–Crippen MR) is 103 cm³/mol.